The number of carboxylic acids is 1. The Kier molecular flexibility index (Phi) is 4.07. The zero-order chi connectivity index (χ0) is 14.8. The number of hydrogen-bond donors (Lipinski definition) is 3. The van der Waals surface area contributed by atoms with Crippen LogP contribution in [0.2, 0.25) is 0 Å². The van der Waals surface area contributed by atoms with E-state index in [1.807, 2.05) is 0 Å². The summed E-state index contributed by atoms with van der Waals surface area (Å²) in [4.78, 5) is 36.0. The third kappa shape index (κ3) is 2.97. The van der Waals surface area contributed by atoms with E-state index in [9.17, 15) is 19.5 Å². The summed E-state index contributed by atoms with van der Waals surface area (Å²) in [6.07, 6.45) is 1.89. The Morgan fingerprint density at radius 2 is 1.89 bits per heavy atom. The van der Waals surface area contributed by atoms with Gasteiger partial charge in [0.05, 0.1) is 0 Å². The molecule has 0 aliphatic carbocycles. The lowest BCUT2D eigenvalue weighted by molar-refractivity contribution is -0.150. The van der Waals surface area contributed by atoms with Gasteiger partial charge in [0.15, 0.2) is 0 Å². The average molecular weight is 271 g/mol. The first-order valence-corrected chi connectivity index (χ1v) is 6.24. The summed E-state index contributed by atoms with van der Waals surface area (Å²) in [5.74, 6) is -1.71. The van der Waals surface area contributed by atoms with Crippen molar-refractivity contribution in [2.75, 3.05) is 6.54 Å². The fourth-order valence-corrected chi connectivity index (χ4v) is 2.07. The van der Waals surface area contributed by atoms with Crippen LogP contribution < -0.4 is 11.1 Å². The van der Waals surface area contributed by atoms with Gasteiger partial charge in [-0.3, -0.25) is 4.79 Å². The number of primary amides is 1. The highest BCUT2D eigenvalue weighted by Gasteiger charge is 2.45. The molecule has 1 aliphatic rings. The van der Waals surface area contributed by atoms with Gasteiger partial charge in [-0.1, -0.05) is 0 Å². The number of nitrogens with one attached hydrogen (secondary N) is 1. The Hall–Kier alpha value is -1.79. The molecule has 0 aromatic rings. The molecule has 0 aromatic carbocycles. The third-order valence-electron chi connectivity index (χ3n) is 3.63. The lowest BCUT2D eigenvalue weighted by atomic mass is 9.88. The molecule has 0 saturated carbocycles. The molecule has 1 unspecified atom stereocenters. The van der Waals surface area contributed by atoms with Gasteiger partial charge in [0.1, 0.15) is 11.1 Å². The van der Waals surface area contributed by atoms with E-state index < -0.39 is 29.0 Å². The molecule has 0 spiro atoms. The van der Waals surface area contributed by atoms with E-state index >= 15 is 0 Å². The van der Waals surface area contributed by atoms with Crippen LogP contribution in [-0.4, -0.2) is 45.5 Å². The zero-order valence-corrected chi connectivity index (χ0v) is 11.5. The predicted molar refractivity (Wildman–Crippen MR) is 68.4 cm³/mol. The predicted octanol–water partition coefficient (Wildman–Crippen LogP) is 0.289. The minimum atomic E-state index is -1.24. The average Bonchev–Trinajstić information content (AvgIpc) is 2.28. The number of carbonyl (C=O) groups is 3. The van der Waals surface area contributed by atoms with Gasteiger partial charge in [0.25, 0.3) is 0 Å². The van der Waals surface area contributed by atoms with Crippen molar-refractivity contribution in [1.29, 1.82) is 0 Å². The fourth-order valence-electron chi connectivity index (χ4n) is 2.07. The molecule has 4 N–H and O–H groups in total. The van der Waals surface area contributed by atoms with Crippen LogP contribution in [0.4, 0.5) is 4.79 Å². The van der Waals surface area contributed by atoms with E-state index in [0.29, 0.717) is 13.0 Å². The fraction of sp³-hybridized carbons (Fsp3) is 0.750. The van der Waals surface area contributed by atoms with Crippen molar-refractivity contribution >= 4 is 17.9 Å². The number of hydrogen-bond acceptors (Lipinski definition) is 3. The minimum absolute atomic E-state index is 0.351. The van der Waals surface area contributed by atoms with Gasteiger partial charge in [0.2, 0.25) is 5.91 Å². The van der Waals surface area contributed by atoms with Crippen molar-refractivity contribution in [2.45, 2.75) is 51.1 Å². The number of rotatable bonds is 3. The first kappa shape index (κ1) is 15.3. The van der Waals surface area contributed by atoms with Gasteiger partial charge in [-0.15, -0.1) is 0 Å². The number of urea groups is 1. The maximum absolute atomic E-state index is 12.2. The SMILES string of the molecule is CC(C)(NC(=O)N1CCCCC1(C)C(=O)O)C(N)=O. The van der Waals surface area contributed by atoms with E-state index in [1.165, 1.54) is 25.7 Å². The maximum Gasteiger partial charge on any atom is 0.329 e. The third-order valence-corrected chi connectivity index (χ3v) is 3.63. The smallest absolute Gasteiger partial charge is 0.329 e. The highest BCUT2D eigenvalue weighted by atomic mass is 16.4. The maximum atomic E-state index is 12.2. The Morgan fingerprint density at radius 3 is 2.37 bits per heavy atom. The van der Waals surface area contributed by atoms with Crippen LogP contribution in [0, 0.1) is 0 Å². The molecule has 3 amide bonds. The van der Waals surface area contributed by atoms with Crippen LogP contribution in [0.25, 0.3) is 0 Å². The van der Waals surface area contributed by atoms with Gasteiger partial charge in [-0.2, -0.15) is 0 Å². The molecule has 0 radical (unpaired) electrons. The lowest BCUT2D eigenvalue weighted by Crippen LogP contribution is -2.64. The number of nitrogens with zero attached hydrogens (tertiary/aromatic N) is 1. The molecule has 0 aromatic heterocycles. The Morgan fingerprint density at radius 1 is 1.32 bits per heavy atom. The van der Waals surface area contributed by atoms with Crippen molar-refractivity contribution in [1.82, 2.24) is 10.2 Å². The van der Waals surface area contributed by atoms with Crippen molar-refractivity contribution in [3.05, 3.63) is 0 Å². The first-order chi connectivity index (χ1) is 8.61. The first-order valence-electron chi connectivity index (χ1n) is 6.24. The molecule has 1 fully saturated rings. The second kappa shape index (κ2) is 5.07. The molecule has 1 aliphatic heterocycles. The monoisotopic (exact) mass is 271 g/mol. The van der Waals surface area contributed by atoms with Gasteiger partial charge in [-0.05, 0) is 40.0 Å². The number of aliphatic carboxylic acids is 1. The van der Waals surface area contributed by atoms with Gasteiger partial charge < -0.3 is 21.1 Å². The Bertz CT molecular complexity index is 408. The molecule has 1 heterocycles. The number of piperidine rings is 1. The number of amides is 3. The van der Waals surface area contributed by atoms with Crippen LogP contribution >= 0.6 is 0 Å². The van der Waals surface area contributed by atoms with Crippen molar-refractivity contribution in [3.63, 3.8) is 0 Å². The van der Waals surface area contributed by atoms with Crippen LogP contribution in [0.3, 0.4) is 0 Å². The summed E-state index contributed by atoms with van der Waals surface area (Å²) in [5.41, 5.74) is 2.73. The molecular formula is C12H21N3O4. The summed E-state index contributed by atoms with van der Waals surface area (Å²) < 4.78 is 0. The summed E-state index contributed by atoms with van der Waals surface area (Å²) >= 11 is 0. The molecule has 1 saturated heterocycles. The normalized spacial score (nSPS) is 23.8. The van der Waals surface area contributed by atoms with Crippen LogP contribution in [0.15, 0.2) is 0 Å². The van der Waals surface area contributed by atoms with Gasteiger partial charge in [0, 0.05) is 6.54 Å². The van der Waals surface area contributed by atoms with Crippen molar-refractivity contribution in [3.8, 4) is 0 Å². The highest BCUT2D eigenvalue weighted by molar-refractivity contribution is 5.91. The van der Waals surface area contributed by atoms with Crippen LogP contribution in [0.1, 0.15) is 40.0 Å². The molecule has 1 rings (SSSR count). The standard InChI is InChI=1S/C12H21N3O4/c1-11(2,8(13)16)14-10(19)15-7-5-4-6-12(15,3)9(17)18/h4-7H2,1-3H3,(H2,13,16)(H,14,19)(H,17,18). The van der Waals surface area contributed by atoms with Gasteiger partial charge in [-0.25, -0.2) is 9.59 Å². The molecule has 7 nitrogen and oxygen atoms in total. The lowest BCUT2D eigenvalue weighted by Gasteiger charge is -2.42. The molecule has 1 atom stereocenters. The summed E-state index contributed by atoms with van der Waals surface area (Å²) in [7, 11) is 0. The Balaban J connectivity index is 2.91. The van der Waals surface area contributed by atoms with Crippen molar-refractivity contribution < 1.29 is 19.5 Å². The van der Waals surface area contributed by atoms with E-state index in [2.05, 4.69) is 5.32 Å². The number of carboxylic acid groups (broad SMARTS) is 1. The van der Waals surface area contributed by atoms with Crippen LogP contribution in [0.5, 0.6) is 0 Å². The van der Waals surface area contributed by atoms with Crippen molar-refractivity contribution in [2.24, 2.45) is 5.73 Å². The summed E-state index contributed by atoms with van der Waals surface area (Å²) in [6.45, 7) is 4.83. The zero-order valence-electron chi connectivity index (χ0n) is 11.5. The summed E-state index contributed by atoms with van der Waals surface area (Å²) in [5, 5.41) is 11.8. The largest absolute Gasteiger partial charge is 0.480 e. The van der Waals surface area contributed by atoms with Crippen LogP contribution in [-0.2, 0) is 9.59 Å². The molecule has 0 bridgehead atoms. The van der Waals surface area contributed by atoms with E-state index in [-0.39, 0.29) is 0 Å². The minimum Gasteiger partial charge on any atom is -0.480 e. The molecule has 19 heavy (non-hydrogen) atoms. The second-order valence-electron chi connectivity index (χ2n) is 5.61. The number of nitrogens with two attached hydrogens (primary N) is 1. The Labute approximate surface area is 112 Å². The topological polar surface area (TPSA) is 113 Å². The number of likely N-dealkylation sites (tertiary alicyclic amines) is 1. The molecule has 7 heteroatoms. The second-order valence-corrected chi connectivity index (χ2v) is 5.61. The summed E-state index contributed by atoms with van der Waals surface area (Å²) in [6, 6.07) is -0.576. The van der Waals surface area contributed by atoms with E-state index in [0.717, 1.165) is 12.8 Å². The highest BCUT2D eigenvalue weighted by Crippen LogP contribution is 2.28. The van der Waals surface area contributed by atoms with E-state index in [1.54, 1.807) is 0 Å². The quantitative estimate of drug-likeness (QED) is 0.684. The van der Waals surface area contributed by atoms with Gasteiger partial charge >= 0.3 is 12.0 Å². The number of carbonyl (C=O) groups excluding carboxylic acids is 2. The van der Waals surface area contributed by atoms with E-state index in [4.69, 9.17) is 5.73 Å². The molecular weight excluding hydrogens is 250 g/mol. The molecule has 108 valence electrons.